The predicted molar refractivity (Wildman–Crippen MR) is 76.9 cm³/mol. The molecule has 0 radical (unpaired) electrons. The molecule has 2 aliphatic rings. The second-order valence-electron chi connectivity index (χ2n) is 6.60. The van der Waals surface area contributed by atoms with Crippen LogP contribution in [0, 0.1) is 11.8 Å². The zero-order valence-corrected chi connectivity index (χ0v) is 12.7. The summed E-state index contributed by atoms with van der Waals surface area (Å²) < 4.78 is 10.8. The van der Waals surface area contributed by atoms with Crippen LogP contribution in [0.4, 0.5) is 0 Å². The minimum atomic E-state index is -0.158. The van der Waals surface area contributed by atoms with E-state index in [0.717, 1.165) is 18.3 Å². The molecule has 4 heteroatoms. The van der Waals surface area contributed by atoms with E-state index in [9.17, 15) is 0 Å². The first-order chi connectivity index (χ1) is 9.11. The summed E-state index contributed by atoms with van der Waals surface area (Å²) in [5.74, 6) is 1.79. The quantitative estimate of drug-likeness (QED) is 0.615. The zero-order valence-electron chi connectivity index (χ0n) is 12.7. The summed E-state index contributed by atoms with van der Waals surface area (Å²) in [6.45, 7) is 5.33. The lowest BCUT2D eigenvalue weighted by Crippen LogP contribution is -2.55. The van der Waals surface area contributed by atoms with Gasteiger partial charge < -0.3 is 15.2 Å². The average Bonchev–Trinajstić information content (AvgIpc) is 3.29. The van der Waals surface area contributed by atoms with Crippen molar-refractivity contribution in [2.45, 2.75) is 50.9 Å². The van der Waals surface area contributed by atoms with E-state index in [1.807, 2.05) is 0 Å². The smallest absolute Gasteiger partial charge is 0.158 e. The average molecular weight is 270 g/mol. The highest BCUT2D eigenvalue weighted by Gasteiger charge is 2.39. The molecule has 0 aliphatic heterocycles. The van der Waals surface area contributed by atoms with Gasteiger partial charge in [0.2, 0.25) is 0 Å². The summed E-state index contributed by atoms with van der Waals surface area (Å²) in [5, 5.41) is 0. The number of nitrogens with zero attached hydrogens (tertiary/aromatic N) is 1. The molecule has 0 heterocycles. The molecule has 1 atom stereocenters. The maximum Gasteiger partial charge on any atom is 0.158 e. The van der Waals surface area contributed by atoms with Crippen LogP contribution in [0.15, 0.2) is 0 Å². The molecule has 2 N–H and O–H groups in total. The summed E-state index contributed by atoms with van der Waals surface area (Å²) in [7, 11) is 3.41. The first kappa shape index (κ1) is 15.2. The standard InChI is InChI=1S/C15H30N2O2/c1-15(11-16,8-14(18-2)19-3)17(9-12-4-5-12)10-13-6-7-13/h12-14H,4-11,16H2,1-3H3. The molecule has 112 valence electrons. The van der Waals surface area contributed by atoms with Crippen molar-refractivity contribution in [1.82, 2.24) is 4.90 Å². The third-order valence-electron chi connectivity index (χ3n) is 4.69. The van der Waals surface area contributed by atoms with Gasteiger partial charge in [0.05, 0.1) is 0 Å². The Hall–Kier alpha value is -0.160. The van der Waals surface area contributed by atoms with Crippen LogP contribution in [0.2, 0.25) is 0 Å². The van der Waals surface area contributed by atoms with Gasteiger partial charge in [-0.15, -0.1) is 0 Å². The highest BCUT2D eigenvalue weighted by Crippen LogP contribution is 2.37. The fourth-order valence-corrected chi connectivity index (χ4v) is 2.70. The molecule has 2 saturated carbocycles. The van der Waals surface area contributed by atoms with Crippen LogP contribution in [0.25, 0.3) is 0 Å². The molecule has 2 rings (SSSR count). The molecule has 1 unspecified atom stereocenters. The lowest BCUT2D eigenvalue weighted by molar-refractivity contribution is -0.129. The van der Waals surface area contributed by atoms with Crippen LogP contribution < -0.4 is 5.73 Å². The van der Waals surface area contributed by atoms with Crippen molar-refractivity contribution in [3.63, 3.8) is 0 Å². The van der Waals surface area contributed by atoms with Crippen molar-refractivity contribution < 1.29 is 9.47 Å². The normalized spacial score (nSPS) is 23.1. The summed E-state index contributed by atoms with van der Waals surface area (Å²) in [4.78, 5) is 2.62. The van der Waals surface area contributed by atoms with Gasteiger partial charge in [0, 0.05) is 45.8 Å². The summed E-state index contributed by atoms with van der Waals surface area (Å²) >= 11 is 0. The second-order valence-corrected chi connectivity index (χ2v) is 6.60. The molecule has 4 nitrogen and oxygen atoms in total. The number of methoxy groups -OCH3 is 2. The van der Waals surface area contributed by atoms with E-state index in [1.165, 1.54) is 38.8 Å². The molecule has 2 aliphatic carbocycles. The van der Waals surface area contributed by atoms with Gasteiger partial charge >= 0.3 is 0 Å². The van der Waals surface area contributed by atoms with Crippen LogP contribution in [0.3, 0.4) is 0 Å². The molecule has 0 saturated heterocycles. The Morgan fingerprint density at radius 2 is 1.58 bits per heavy atom. The molecular weight excluding hydrogens is 240 g/mol. The van der Waals surface area contributed by atoms with Gasteiger partial charge in [-0.1, -0.05) is 0 Å². The Morgan fingerprint density at radius 3 is 1.89 bits per heavy atom. The van der Waals surface area contributed by atoms with E-state index in [0.29, 0.717) is 6.54 Å². The fraction of sp³-hybridized carbons (Fsp3) is 1.00. The van der Waals surface area contributed by atoms with Crippen LogP contribution >= 0.6 is 0 Å². The van der Waals surface area contributed by atoms with Gasteiger partial charge in [0.15, 0.2) is 6.29 Å². The summed E-state index contributed by atoms with van der Waals surface area (Å²) in [5.41, 5.74) is 6.09. The van der Waals surface area contributed by atoms with E-state index >= 15 is 0 Å². The summed E-state index contributed by atoms with van der Waals surface area (Å²) in [6.07, 6.45) is 6.24. The zero-order chi connectivity index (χ0) is 13.9. The Labute approximate surface area is 117 Å². The molecule has 0 amide bonds. The van der Waals surface area contributed by atoms with Crippen molar-refractivity contribution in [2.24, 2.45) is 17.6 Å². The van der Waals surface area contributed by atoms with Gasteiger partial charge in [-0.05, 0) is 44.4 Å². The molecular formula is C15H30N2O2. The van der Waals surface area contributed by atoms with Gasteiger partial charge in [0.25, 0.3) is 0 Å². The molecule has 0 bridgehead atoms. The number of hydrogen-bond donors (Lipinski definition) is 1. The molecule has 19 heavy (non-hydrogen) atoms. The first-order valence-electron chi connectivity index (χ1n) is 7.62. The minimum absolute atomic E-state index is 0.0120. The van der Waals surface area contributed by atoms with Crippen molar-refractivity contribution >= 4 is 0 Å². The van der Waals surface area contributed by atoms with Crippen molar-refractivity contribution in [1.29, 1.82) is 0 Å². The maximum atomic E-state index is 6.11. The molecule has 0 aromatic rings. The van der Waals surface area contributed by atoms with Gasteiger partial charge in [-0.2, -0.15) is 0 Å². The van der Waals surface area contributed by atoms with Gasteiger partial charge in [-0.25, -0.2) is 0 Å². The predicted octanol–water partition coefficient (Wildman–Crippen LogP) is 1.83. The van der Waals surface area contributed by atoms with Crippen LogP contribution in [0.5, 0.6) is 0 Å². The Morgan fingerprint density at radius 1 is 1.11 bits per heavy atom. The Balaban J connectivity index is 1.98. The fourth-order valence-electron chi connectivity index (χ4n) is 2.70. The Kier molecular flexibility index (Phi) is 5.23. The van der Waals surface area contributed by atoms with E-state index in [4.69, 9.17) is 15.2 Å². The SMILES string of the molecule is COC(CC(C)(CN)N(CC1CC1)CC1CC1)OC. The van der Waals surface area contributed by atoms with E-state index in [1.54, 1.807) is 14.2 Å². The molecule has 0 spiro atoms. The van der Waals surface area contributed by atoms with Crippen molar-refractivity contribution in [3.8, 4) is 0 Å². The highest BCUT2D eigenvalue weighted by atomic mass is 16.7. The minimum Gasteiger partial charge on any atom is -0.356 e. The molecule has 0 aromatic heterocycles. The van der Waals surface area contributed by atoms with Crippen LogP contribution in [-0.4, -0.2) is 50.6 Å². The second kappa shape index (κ2) is 6.53. The number of hydrogen-bond acceptors (Lipinski definition) is 4. The van der Waals surface area contributed by atoms with Gasteiger partial charge in [0.1, 0.15) is 0 Å². The largest absolute Gasteiger partial charge is 0.356 e. The van der Waals surface area contributed by atoms with Gasteiger partial charge in [-0.3, -0.25) is 4.90 Å². The number of nitrogens with two attached hydrogens (primary N) is 1. The lowest BCUT2D eigenvalue weighted by atomic mass is 9.93. The van der Waals surface area contributed by atoms with E-state index < -0.39 is 0 Å². The topological polar surface area (TPSA) is 47.7 Å². The number of ether oxygens (including phenoxy) is 2. The van der Waals surface area contributed by atoms with E-state index in [2.05, 4.69) is 11.8 Å². The third kappa shape index (κ3) is 4.42. The molecule has 0 aromatic carbocycles. The van der Waals surface area contributed by atoms with E-state index in [-0.39, 0.29) is 11.8 Å². The highest BCUT2D eigenvalue weighted by molar-refractivity contribution is 4.94. The third-order valence-corrected chi connectivity index (χ3v) is 4.69. The monoisotopic (exact) mass is 270 g/mol. The van der Waals surface area contributed by atoms with Crippen LogP contribution in [-0.2, 0) is 9.47 Å². The molecule has 2 fully saturated rings. The lowest BCUT2D eigenvalue weighted by Gasteiger charge is -2.42. The first-order valence-corrected chi connectivity index (χ1v) is 7.62. The maximum absolute atomic E-state index is 6.11. The Bertz CT molecular complexity index is 261. The number of rotatable bonds is 10. The van der Waals surface area contributed by atoms with Crippen molar-refractivity contribution in [3.05, 3.63) is 0 Å². The van der Waals surface area contributed by atoms with Crippen molar-refractivity contribution in [2.75, 3.05) is 33.9 Å². The summed E-state index contributed by atoms with van der Waals surface area (Å²) in [6, 6.07) is 0. The van der Waals surface area contributed by atoms with Crippen LogP contribution in [0.1, 0.15) is 39.0 Å².